The molecule has 2 aromatic heterocycles. The zero-order valence-corrected chi connectivity index (χ0v) is 11.3. The smallest absolute Gasteiger partial charge is 0.225 e. The molecule has 20 heavy (non-hydrogen) atoms. The molecule has 0 atom stereocenters. The summed E-state index contributed by atoms with van der Waals surface area (Å²) in [6.45, 7) is 4.73. The third-order valence-corrected chi connectivity index (χ3v) is 3.44. The van der Waals surface area contributed by atoms with Gasteiger partial charge in [0.1, 0.15) is 0 Å². The molecule has 2 aromatic rings. The summed E-state index contributed by atoms with van der Waals surface area (Å²) in [5.41, 5.74) is 7.41. The second-order valence-electron chi connectivity index (χ2n) is 4.89. The van der Waals surface area contributed by atoms with Crippen molar-refractivity contribution in [1.29, 1.82) is 0 Å². The van der Waals surface area contributed by atoms with E-state index < -0.39 is 0 Å². The van der Waals surface area contributed by atoms with Gasteiger partial charge in [0.2, 0.25) is 5.95 Å². The highest BCUT2D eigenvalue weighted by molar-refractivity contribution is 5.34. The van der Waals surface area contributed by atoms with Crippen LogP contribution in [0, 0.1) is 0 Å². The Hall–Kier alpha value is -2.21. The fourth-order valence-corrected chi connectivity index (χ4v) is 2.32. The van der Waals surface area contributed by atoms with E-state index in [1.54, 1.807) is 18.6 Å². The molecule has 0 spiro atoms. The molecule has 2 N–H and O–H groups in total. The summed E-state index contributed by atoms with van der Waals surface area (Å²) >= 11 is 0. The van der Waals surface area contributed by atoms with Crippen LogP contribution in [0.2, 0.25) is 0 Å². The van der Waals surface area contributed by atoms with Crippen LogP contribution in [0.1, 0.15) is 5.69 Å². The first kappa shape index (κ1) is 12.8. The lowest BCUT2D eigenvalue weighted by Crippen LogP contribution is -2.46. The minimum atomic E-state index is 0.708. The lowest BCUT2D eigenvalue weighted by atomic mass is 10.2. The van der Waals surface area contributed by atoms with E-state index in [1.807, 2.05) is 18.2 Å². The first-order chi connectivity index (χ1) is 9.81. The van der Waals surface area contributed by atoms with Crippen LogP contribution in [-0.2, 0) is 6.54 Å². The van der Waals surface area contributed by atoms with E-state index in [-0.39, 0.29) is 0 Å². The van der Waals surface area contributed by atoms with Crippen LogP contribution in [0.3, 0.4) is 0 Å². The van der Waals surface area contributed by atoms with Crippen molar-refractivity contribution in [3.63, 3.8) is 0 Å². The van der Waals surface area contributed by atoms with Crippen molar-refractivity contribution in [1.82, 2.24) is 19.9 Å². The summed E-state index contributed by atoms with van der Waals surface area (Å²) in [5, 5.41) is 0. The molecule has 0 aromatic carbocycles. The van der Waals surface area contributed by atoms with Crippen LogP contribution in [-0.4, -0.2) is 46.0 Å². The van der Waals surface area contributed by atoms with Gasteiger partial charge >= 0.3 is 0 Å². The maximum Gasteiger partial charge on any atom is 0.225 e. The molecular weight excluding hydrogens is 252 g/mol. The van der Waals surface area contributed by atoms with Crippen LogP contribution >= 0.6 is 0 Å². The Balaban J connectivity index is 1.55. The number of pyridine rings is 1. The van der Waals surface area contributed by atoms with Gasteiger partial charge in [-0.3, -0.25) is 9.88 Å². The van der Waals surface area contributed by atoms with Gasteiger partial charge in [-0.2, -0.15) is 0 Å². The zero-order valence-electron chi connectivity index (χ0n) is 11.3. The number of hydrogen-bond donors (Lipinski definition) is 1. The van der Waals surface area contributed by atoms with Crippen molar-refractivity contribution >= 4 is 11.6 Å². The van der Waals surface area contributed by atoms with Crippen molar-refractivity contribution in [2.75, 3.05) is 36.8 Å². The maximum absolute atomic E-state index is 5.65. The molecule has 104 valence electrons. The second kappa shape index (κ2) is 5.83. The summed E-state index contributed by atoms with van der Waals surface area (Å²) in [4.78, 5) is 17.5. The Kier molecular flexibility index (Phi) is 3.73. The molecule has 0 amide bonds. The largest absolute Gasteiger partial charge is 0.397 e. The summed E-state index contributed by atoms with van der Waals surface area (Å²) < 4.78 is 0. The fraction of sp³-hybridized carbons (Fsp3) is 0.357. The Labute approximate surface area is 118 Å². The van der Waals surface area contributed by atoms with E-state index >= 15 is 0 Å². The molecule has 1 aliphatic heterocycles. The lowest BCUT2D eigenvalue weighted by molar-refractivity contribution is 0.246. The first-order valence-electron chi connectivity index (χ1n) is 6.76. The lowest BCUT2D eigenvalue weighted by Gasteiger charge is -2.34. The molecule has 0 radical (unpaired) electrons. The average molecular weight is 270 g/mol. The van der Waals surface area contributed by atoms with E-state index in [4.69, 9.17) is 5.73 Å². The molecule has 0 bridgehead atoms. The molecule has 1 aliphatic rings. The topological polar surface area (TPSA) is 71.2 Å². The number of hydrogen-bond acceptors (Lipinski definition) is 6. The number of nitrogens with zero attached hydrogens (tertiary/aromatic N) is 5. The molecular formula is C14H18N6. The molecule has 3 heterocycles. The average Bonchev–Trinajstić information content (AvgIpc) is 2.51. The third kappa shape index (κ3) is 3.03. The van der Waals surface area contributed by atoms with Gasteiger partial charge in [-0.15, -0.1) is 0 Å². The first-order valence-corrected chi connectivity index (χ1v) is 6.76. The monoisotopic (exact) mass is 270 g/mol. The van der Waals surface area contributed by atoms with Crippen LogP contribution < -0.4 is 10.6 Å². The second-order valence-corrected chi connectivity index (χ2v) is 4.89. The van der Waals surface area contributed by atoms with Gasteiger partial charge < -0.3 is 10.6 Å². The van der Waals surface area contributed by atoms with E-state index in [0.29, 0.717) is 5.69 Å². The van der Waals surface area contributed by atoms with Crippen LogP contribution in [0.5, 0.6) is 0 Å². The molecule has 0 unspecified atom stereocenters. The Morgan fingerprint density at radius 3 is 2.40 bits per heavy atom. The Morgan fingerprint density at radius 1 is 1.00 bits per heavy atom. The van der Waals surface area contributed by atoms with E-state index in [9.17, 15) is 0 Å². The predicted octanol–water partition coefficient (Wildman–Crippen LogP) is 0.776. The summed E-state index contributed by atoms with van der Waals surface area (Å²) in [7, 11) is 0. The van der Waals surface area contributed by atoms with Crippen LogP contribution in [0.25, 0.3) is 0 Å². The van der Waals surface area contributed by atoms with Crippen molar-refractivity contribution in [2.24, 2.45) is 0 Å². The van der Waals surface area contributed by atoms with Gasteiger partial charge in [0.05, 0.1) is 17.6 Å². The number of nitrogen functional groups attached to an aromatic ring is 1. The highest BCUT2D eigenvalue weighted by atomic mass is 15.3. The summed E-state index contributed by atoms with van der Waals surface area (Å²) in [5.74, 6) is 0.817. The Bertz CT molecular complexity index is 533. The van der Waals surface area contributed by atoms with Gasteiger partial charge in [-0.05, 0) is 18.2 Å². The zero-order chi connectivity index (χ0) is 13.8. The van der Waals surface area contributed by atoms with Gasteiger partial charge in [0.25, 0.3) is 0 Å². The summed E-state index contributed by atoms with van der Waals surface area (Å²) in [6.07, 6.45) is 5.28. The van der Waals surface area contributed by atoms with Gasteiger partial charge in [-0.25, -0.2) is 9.97 Å². The molecule has 1 fully saturated rings. The van der Waals surface area contributed by atoms with E-state index in [2.05, 4.69) is 24.8 Å². The summed E-state index contributed by atoms with van der Waals surface area (Å²) in [6, 6.07) is 5.73. The normalized spacial score (nSPS) is 16.3. The molecule has 1 saturated heterocycles. The van der Waals surface area contributed by atoms with E-state index in [1.165, 1.54) is 0 Å². The minimum Gasteiger partial charge on any atom is -0.397 e. The van der Waals surface area contributed by atoms with E-state index in [0.717, 1.165) is 44.4 Å². The maximum atomic E-state index is 5.65. The fourth-order valence-electron chi connectivity index (χ4n) is 2.32. The standard InChI is InChI=1S/C14H18N6/c15-12-2-3-13(18-10-12)11-19-6-8-20(9-7-19)14-16-4-1-5-17-14/h1-5,10H,6-9,11,15H2. The third-order valence-electron chi connectivity index (χ3n) is 3.44. The number of anilines is 2. The van der Waals surface area contributed by atoms with Crippen molar-refractivity contribution in [2.45, 2.75) is 6.54 Å². The van der Waals surface area contributed by atoms with Crippen LogP contribution in [0.4, 0.5) is 11.6 Å². The molecule has 3 rings (SSSR count). The number of aromatic nitrogens is 3. The molecule has 0 saturated carbocycles. The van der Waals surface area contributed by atoms with Crippen molar-refractivity contribution < 1.29 is 0 Å². The SMILES string of the molecule is Nc1ccc(CN2CCN(c3ncccn3)CC2)nc1. The van der Waals surface area contributed by atoms with Crippen molar-refractivity contribution in [3.8, 4) is 0 Å². The molecule has 6 heteroatoms. The number of nitrogens with two attached hydrogens (primary N) is 1. The minimum absolute atomic E-state index is 0.708. The van der Waals surface area contributed by atoms with Crippen LogP contribution in [0.15, 0.2) is 36.8 Å². The highest BCUT2D eigenvalue weighted by Gasteiger charge is 2.18. The van der Waals surface area contributed by atoms with Crippen molar-refractivity contribution in [3.05, 3.63) is 42.5 Å². The molecule has 6 nitrogen and oxygen atoms in total. The predicted molar refractivity (Wildman–Crippen MR) is 78.2 cm³/mol. The Morgan fingerprint density at radius 2 is 1.75 bits per heavy atom. The number of piperazine rings is 1. The van der Waals surface area contributed by atoms with Gasteiger partial charge in [0.15, 0.2) is 0 Å². The van der Waals surface area contributed by atoms with Gasteiger partial charge in [-0.1, -0.05) is 0 Å². The highest BCUT2D eigenvalue weighted by Crippen LogP contribution is 2.12. The van der Waals surface area contributed by atoms with Gasteiger partial charge in [0, 0.05) is 45.1 Å². The molecule has 0 aliphatic carbocycles. The number of rotatable bonds is 3. The quantitative estimate of drug-likeness (QED) is 0.888.